The molecule has 0 radical (unpaired) electrons. The summed E-state index contributed by atoms with van der Waals surface area (Å²) in [5, 5.41) is 12.4. The third-order valence-electron chi connectivity index (χ3n) is 3.70. The van der Waals surface area contributed by atoms with Gasteiger partial charge in [-0.25, -0.2) is 4.79 Å². The number of rotatable bonds is 5. The third kappa shape index (κ3) is 6.75. The molecule has 0 aliphatic carbocycles. The number of aliphatic carboxylic acids is 1. The van der Waals surface area contributed by atoms with E-state index < -0.39 is 12.1 Å². The number of aromatic nitrogens is 1. The molecule has 0 bridgehead atoms. The minimum Gasteiger partial charge on any atom is -0.475 e. The molecule has 3 rings (SSSR count). The zero-order valence-electron chi connectivity index (χ0n) is 15.3. The number of carbonyl (C=O) groups excluding carboxylic acids is 1. The van der Waals surface area contributed by atoms with E-state index in [4.69, 9.17) is 9.90 Å². The summed E-state index contributed by atoms with van der Waals surface area (Å²) in [7, 11) is 1.82. The molecule has 0 aliphatic heterocycles. The van der Waals surface area contributed by atoms with Crippen LogP contribution in [-0.4, -0.2) is 46.6 Å². The van der Waals surface area contributed by atoms with Crippen molar-refractivity contribution in [2.24, 2.45) is 0 Å². The molecule has 1 amide bonds. The first kappa shape index (κ1) is 22.2. The fraction of sp³-hybridized carbons (Fsp3) is 0.211. The molecule has 0 atom stereocenters. The van der Waals surface area contributed by atoms with Crippen molar-refractivity contribution in [2.45, 2.75) is 12.7 Å². The Kier molecular flexibility index (Phi) is 7.54. The largest absolute Gasteiger partial charge is 0.490 e. The van der Waals surface area contributed by atoms with E-state index in [0.717, 1.165) is 21.5 Å². The average molecular weight is 425 g/mol. The molecule has 6 nitrogen and oxygen atoms in total. The van der Waals surface area contributed by atoms with Gasteiger partial charge in [-0.2, -0.15) is 13.2 Å². The lowest BCUT2D eigenvalue weighted by atomic mass is 10.2. The Morgan fingerprint density at radius 2 is 1.83 bits per heavy atom. The van der Waals surface area contributed by atoms with Gasteiger partial charge in [0.15, 0.2) is 0 Å². The van der Waals surface area contributed by atoms with Crippen molar-refractivity contribution in [3.05, 3.63) is 59.6 Å². The SMILES string of the molecule is CN(Cc1ccccc1)C(=O)CNc1ccnc2ccsc12.O=C(O)C(F)(F)F. The van der Waals surface area contributed by atoms with Gasteiger partial charge in [0.25, 0.3) is 0 Å². The number of nitrogens with one attached hydrogen (secondary N) is 1. The topological polar surface area (TPSA) is 82.5 Å². The van der Waals surface area contributed by atoms with Crippen LogP contribution >= 0.6 is 11.3 Å². The summed E-state index contributed by atoms with van der Waals surface area (Å²) < 4.78 is 32.8. The number of pyridine rings is 1. The van der Waals surface area contributed by atoms with Gasteiger partial charge in [-0.15, -0.1) is 11.3 Å². The first-order chi connectivity index (χ1) is 13.7. The number of hydrogen-bond acceptors (Lipinski definition) is 5. The van der Waals surface area contributed by atoms with Gasteiger partial charge in [-0.05, 0) is 23.1 Å². The second kappa shape index (κ2) is 9.87. The zero-order valence-corrected chi connectivity index (χ0v) is 16.1. The van der Waals surface area contributed by atoms with Crippen molar-refractivity contribution < 1.29 is 27.9 Å². The Labute approximate surface area is 168 Å². The fourth-order valence-corrected chi connectivity index (χ4v) is 3.11. The van der Waals surface area contributed by atoms with E-state index in [0.29, 0.717) is 6.54 Å². The van der Waals surface area contributed by atoms with E-state index in [9.17, 15) is 18.0 Å². The van der Waals surface area contributed by atoms with Crippen molar-refractivity contribution in [3.8, 4) is 0 Å². The zero-order chi connectivity index (χ0) is 21.4. The number of thiophene rings is 1. The van der Waals surface area contributed by atoms with E-state index in [2.05, 4.69) is 10.3 Å². The van der Waals surface area contributed by atoms with Crippen LogP contribution in [0.25, 0.3) is 10.2 Å². The van der Waals surface area contributed by atoms with E-state index >= 15 is 0 Å². The van der Waals surface area contributed by atoms with Gasteiger partial charge in [-0.3, -0.25) is 9.78 Å². The lowest BCUT2D eigenvalue weighted by Gasteiger charge is -2.18. The molecular formula is C19H18F3N3O3S. The number of nitrogens with zero attached hydrogens (tertiary/aromatic N) is 2. The highest BCUT2D eigenvalue weighted by Gasteiger charge is 2.38. The second-order valence-electron chi connectivity index (χ2n) is 5.89. The summed E-state index contributed by atoms with van der Waals surface area (Å²) in [5.41, 5.74) is 3.05. The van der Waals surface area contributed by atoms with Gasteiger partial charge in [0.2, 0.25) is 5.91 Å². The maximum Gasteiger partial charge on any atom is 0.490 e. The Balaban J connectivity index is 0.000000370. The van der Waals surface area contributed by atoms with E-state index in [-0.39, 0.29) is 12.5 Å². The number of amides is 1. The predicted molar refractivity (Wildman–Crippen MR) is 105 cm³/mol. The number of likely N-dealkylation sites (N-methyl/N-ethyl adjacent to an activating group) is 1. The smallest absolute Gasteiger partial charge is 0.475 e. The van der Waals surface area contributed by atoms with Crippen LogP contribution in [0, 0.1) is 0 Å². The van der Waals surface area contributed by atoms with Crippen LogP contribution < -0.4 is 5.32 Å². The maximum absolute atomic E-state index is 12.2. The normalized spacial score (nSPS) is 10.8. The average Bonchev–Trinajstić information content (AvgIpc) is 3.16. The first-order valence-electron chi connectivity index (χ1n) is 8.32. The quantitative estimate of drug-likeness (QED) is 0.646. The number of hydrogen-bond donors (Lipinski definition) is 2. The molecule has 0 aliphatic rings. The molecule has 29 heavy (non-hydrogen) atoms. The fourth-order valence-electron chi connectivity index (χ4n) is 2.26. The number of carboxylic acid groups (broad SMARTS) is 1. The number of anilines is 1. The number of carboxylic acids is 1. The van der Waals surface area contributed by atoms with Crippen molar-refractivity contribution in [3.63, 3.8) is 0 Å². The lowest BCUT2D eigenvalue weighted by Crippen LogP contribution is -2.31. The molecule has 0 spiro atoms. The van der Waals surface area contributed by atoms with Crippen LogP contribution in [0.2, 0.25) is 0 Å². The van der Waals surface area contributed by atoms with Crippen molar-refractivity contribution in [1.82, 2.24) is 9.88 Å². The number of carbonyl (C=O) groups is 2. The predicted octanol–water partition coefficient (Wildman–Crippen LogP) is 4.00. The number of fused-ring (bicyclic) bond motifs is 1. The number of alkyl halides is 3. The molecule has 2 N–H and O–H groups in total. The molecule has 0 fully saturated rings. The molecule has 154 valence electrons. The highest BCUT2D eigenvalue weighted by molar-refractivity contribution is 7.17. The highest BCUT2D eigenvalue weighted by atomic mass is 32.1. The highest BCUT2D eigenvalue weighted by Crippen LogP contribution is 2.26. The van der Waals surface area contributed by atoms with E-state index in [1.54, 1.807) is 22.4 Å². The van der Waals surface area contributed by atoms with Crippen LogP contribution in [0.15, 0.2) is 54.0 Å². The monoisotopic (exact) mass is 425 g/mol. The van der Waals surface area contributed by atoms with Gasteiger partial charge >= 0.3 is 12.1 Å². The molecular weight excluding hydrogens is 407 g/mol. The van der Waals surface area contributed by atoms with Crippen molar-refractivity contribution >= 4 is 39.1 Å². The standard InChI is InChI=1S/C17H17N3OS.C2HF3O2/c1-20(12-13-5-3-2-4-6-13)16(21)11-19-14-7-9-18-15-8-10-22-17(14)15;3-2(4,5)1(6)7/h2-10H,11-12H2,1H3,(H,18,19);(H,6,7). The minimum atomic E-state index is -5.08. The van der Waals surface area contributed by atoms with Gasteiger partial charge in [0.1, 0.15) is 0 Å². The third-order valence-corrected chi connectivity index (χ3v) is 4.64. The minimum absolute atomic E-state index is 0.0605. The Hall–Kier alpha value is -3.14. The molecule has 0 unspecified atom stereocenters. The first-order valence-corrected chi connectivity index (χ1v) is 9.20. The molecule has 1 aromatic carbocycles. The molecule has 2 aromatic heterocycles. The van der Waals surface area contributed by atoms with E-state index in [1.165, 1.54) is 0 Å². The van der Waals surface area contributed by atoms with Gasteiger partial charge in [-0.1, -0.05) is 30.3 Å². The van der Waals surface area contributed by atoms with Gasteiger partial charge in [0.05, 0.1) is 22.4 Å². The summed E-state index contributed by atoms with van der Waals surface area (Å²) in [6, 6.07) is 13.9. The van der Waals surface area contributed by atoms with Crippen LogP contribution in [0.3, 0.4) is 0 Å². The lowest BCUT2D eigenvalue weighted by molar-refractivity contribution is -0.192. The summed E-state index contributed by atoms with van der Waals surface area (Å²) >= 11 is 1.63. The van der Waals surface area contributed by atoms with E-state index in [1.807, 2.05) is 54.9 Å². The Morgan fingerprint density at radius 1 is 1.17 bits per heavy atom. The molecule has 10 heteroatoms. The van der Waals surface area contributed by atoms with Gasteiger partial charge < -0.3 is 15.3 Å². The molecule has 0 saturated carbocycles. The van der Waals surface area contributed by atoms with Crippen LogP contribution in [0.1, 0.15) is 5.56 Å². The van der Waals surface area contributed by atoms with Crippen LogP contribution in [0.4, 0.5) is 18.9 Å². The van der Waals surface area contributed by atoms with Crippen LogP contribution in [-0.2, 0) is 16.1 Å². The Bertz CT molecular complexity index is 961. The summed E-state index contributed by atoms with van der Waals surface area (Å²) in [5.74, 6) is -2.70. The molecule has 0 saturated heterocycles. The molecule has 2 heterocycles. The maximum atomic E-state index is 12.2. The second-order valence-corrected chi connectivity index (χ2v) is 6.80. The summed E-state index contributed by atoms with van der Waals surface area (Å²) in [4.78, 5) is 27.2. The number of halogens is 3. The molecule has 3 aromatic rings. The number of benzene rings is 1. The summed E-state index contributed by atoms with van der Waals surface area (Å²) in [6.45, 7) is 0.895. The Morgan fingerprint density at radius 3 is 2.45 bits per heavy atom. The van der Waals surface area contributed by atoms with Crippen LogP contribution in [0.5, 0.6) is 0 Å². The van der Waals surface area contributed by atoms with Crippen molar-refractivity contribution in [2.75, 3.05) is 18.9 Å². The van der Waals surface area contributed by atoms with Gasteiger partial charge in [0, 0.05) is 19.8 Å². The summed E-state index contributed by atoms with van der Waals surface area (Å²) in [6.07, 6.45) is -3.32. The van der Waals surface area contributed by atoms with Crippen molar-refractivity contribution in [1.29, 1.82) is 0 Å².